The van der Waals surface area contributed by atoms with Gasteiger partial charge in [-0.3, -0.25) is 4.90 Å². The van der Waals surface area contributed by atoms with Crippen LogP contribution >= 0.6 is 0 Å². The Kier molecular flexibility index (Phi) is 8.39. The summed E-state index contributed by atoms with van der Waals surface area (Å²) in [6, 6.07) is 12.6. The molecule has 0 spiro atoms. The molecule has 0 saturated carbocycles. The van der Waals surface area contributed by atoms with Crippen molar-refractivity contribution in [3.8, 4) is 17.4 Å². The summed E-state index contributed by atoms with van der Waals surface area (Å²) in [6.45, 7) is 11.7. The van der Waals surface area contributed by atoms with E-state index in [1.807, 2.05) is 64.1 Å². The number of hydrogen-bond donors (Lipinski definition) is 1. The predicted octanol–water partition coefficient (Wildman–Crippen LogP) is 6.04. The number of carbonyl (C=O) groups excluding carboxylic acids is 1. The van der Waals surface area contributed by atoms with Crippen LogP contribution < -0.4 is 14.8 Å². The molecule has 10 heteroatoms. The molecule has 1 amide bonds. The maximum absolute atomic E-state index is 15.0. The van der Waals surface area contributed by atoms with Crippen molar-refractivity contribution in [1.82, 2.24) is 19.8 Å². The molecule has 9 nitrogen and oxygen atoms in total. The van der Waals surface area contributed by atoms with Crippen LogP contribution in [0.2, 0.25) is 0 Å². The number of carbonyl (C=O) groups is 1. The molecule has 2 heterocycles. The van der Waals surface area contributed by atoms with Gasteiger partial charge in [0.25, 0.3) is 0 Å². The molecule has 1 saturated heterocycles. The summed E-state index contributed by atoms with van der Waals surface area (Å²) in [5, 5.41) is 3.16. The van der Waals surface area contributed by atoms with E-state index in [2.05, 4.69) is 20.2 Å². The van der Waals surface area contributed by atoms with Crippen LogP contribution in [0.15, 0.2) is 54.2 Å². The van der Waals surface area contributed by atoms with Crippen molar-refractivity contribution in [3.05, 3.63) is 71.2 Å². The zero-order valence-corrected chi connectivity index (χ0v) is 23.9. The second-order valence-corrected chi connectivity index (χ2v) is 11.2. The number of halogens is 1. The van der Waals surface area contributed by atoms with Gasteiger partial charge >= 0.3 is 6.09 Å². The summed E-state index contributed by atoms with van der Waals surface area (Å²) in [4.78, 5) is 24.9. The van der Waals surface area contributed by atoms with E-state index in [0.717, 1.165) is 42.9 Å². The minimum Gasteiger partial charge on any atom is -0.492 e. The highest BCUT2D eigenvalue weighted by Crippen LogP contribution is 2.34. The number of fused-ring (bicyclic) bond motifs is 1. The van der Waals surface area contributed by atoms with Gasteiger partial charge in [0.05, 0.1) is 0 Å². The lowest BCUT2D eigenvalue weighted by atomic mass is 10.1. The lowest BCUT2D eigenvalue weighted by molar-refractivity contribution is 0.0137. The quantitative estimate of drug-likeness (QED) is 0.356. The molecule has 2 aromatic carbocycles. The van der Waals surface area contributed by atoms with Crippen LogP contribution in [-0.2, 0) is 11.2 Å². The van der Waals surface area contributed by atoms with Crippen LogP contribution in [0.25, 0.3) is 6.08 Å². The summed E-state index contributed by atoms with van der Waals surface area (Å²) < 4.78 is 32.2. The molecule has 1 N–H and O–H groups in total. The standard InChI is InChI=1S/C31H36FN5O4/c1-21-18-22-8-9-26(28(32)25(22)19-21)40-27-10-11-33-29(35-27)34-23-6-5-7-24(20-23)39-17-16-36-12-14-37(15-13-36)30(38)41-31(2,3)4/h5-11,19-20H,12-18H2,1-4H3,(H,33,34,35). The van der Waals surface area contributed by atoms with Gasteiger partial charge in [0, 0.05) is 62.3 Å². The Balaban J connectivity index is 1.11. The number of allylic oxidation sites excluding steroid dienone is 1. The van der Waals surface area contributed by atoms with Gasteiger partial charge in [0.1, 0.15) is 18.0 Å². The summed E-state index contributed by atoms with van der Waals surface area (Å²) >= 11 is 0. The topological polar surface area (TPSA) is 89.1 Å². The molecule has 0 unspecified atom stereocenters. The van der Waals surface area contributed by atoms with E-state index < -0.39 is 5.60 Å². The van der Waals surface area contributed by atoms with E-state index in [9.17, 15) is 9.18 Å². The third kappa shape index (κ3) is 7.52. The molecule has 1 aromatic heterocycles. The number of benzene rings is 2. The first kappa shape index (κ1) is 28.4. The number of nitrogens with zero attached hydrogens (tertiary/aromatic N) is 4. The average Bonchev–Trinajstić information content (AvgIpc) is 3.31. The van der Waals surface area contributed by atoms with Gasteiger partial charge in [-0.05, 0) is 57.9 Å². The second kappa shape index (κ2) is 12.1. The fourth-order valence-corrected chi connectivity index (χ4v) is 4.74. The first-order valence-corrected chi connectivity index (χ1v) is 13.8. The maximum Gasteiger partial charge on any atom is 0.410 e. The highest BCUT2D eigenvalue weighted by molar-refractivity contribution is 5.68. The summed E-state index contributed by atoms with van der Waals surface area (Å²) in [5.74, 6) is 1.00. The van der Waals surface area contributed by atoms with Crippen LogP contribution in [0.4, 0.5) is 20.8 Å². The fourth-order valence-electron chi connectivity index (χ4n) is 4.74. The third-order valence-electron chi connectivity index (χ3n) is 6.73. The number of aromatic nitrogens is 2. The largest absolute Gasteiger partial charge is 0.492 e. The van der Waals surface area contributed by atoms with E-state index in [1.165, 1.54) is 0 Å². The zero-order valence-electron chi connectivity index (χ0n) is 23.9. The molecule has 1 aliphatic heterocycles. The smallest absolute Gasteiger partial charge is 0.410 e. The van der Waals surface area contributed by atoms with E-state index in [0.29, 0.717) is 37.0 Å². The minimum atomic E-state index is -0.493. The second-order valence-electron chi connectivity index (χ2n) is 11.2. The minimum absolute atomic E-state index is 0.126. The number of anilines is 2. The Morgan fingerprint density at radius 3 is 2.68 bits per heavy atom. The van der Waals surface area contributed by atoms with Crippen LogP contribution in [0, 0.1) is 5.82 Å². The monoisotopic (exact) mass is 561 g/mol. The molecule has 3 aromatic rings. The number of hydrogen-bond acceptors (Lipinski definition) is 8. The first-order chi connectivity index (χ1) is 19.6. The van der Waals surface area contributed by atoms with Crippen molar-refractivity contribution in [1.29, 1.82) is 0 Å². The summed E-state index contributed by atoms with van der Waals surface area (Å²) in [5.41, 5.74) is 2.91. The molecule has 1 fully saturated rings. The lowest BCUT2D eigenvalue weighted by Crippen LogP contribution is -2.50. The maximum atomic E-state index is 15.0. The van der Waals surface area contributed by atoms with Gasteiger partial charge in [-0.1, -0.05) is 23.8 Å². The van der Waals surface area contributed by atoms with E-state index >= 15 is 0 Å². The first-order valence-electron chi connectivity index (χ1n) is 13.8. The van der Waals surface area contributed by atoms with Crippen molar-refractivity contribution in [3.63, 3.8) is 0 Å². The Morgan fingerprint density at radius 2 is 1.90 bits per heavy atom. The van der Waals surface area contributed by atoms with Gasteiger partial charge in [-0.15, -0.1) is 0 Å². The van der Waals surface area contributed by atoms with Crippen molar-refractivity contribution < 1.29 is 23.4 Å². The molecule has 1 aliphatic carbocycles. The molecule has 216 valence electrons. The number of amides is 1. The number of piperazine rings is 1. The Labute approximate surface area is 239 Å². The van der Waals surface area contributed by atoms with Crippen LogP contribution in [-0.4, -0.2) is 70.8 Å². The highest BCUT2D eigenvalue weighted by Gasteiger charge is 2.25. The Bertz CT molecular complexity index is 1430. The summed E-state index contributed by atoms with van der Waals surface area (Å²) in [6.07, 6.45) is 3.90. The zero-order chi connectivity index (χ0) is 29.0. The van der Waals surface area contributed by atoms with Crippen LogP contribution in [0.5, 0.6) is 17.4 Å². The van der Waals surface area contributed by atoms with E-state index in [-0.39, 0.29) is 23.5 Å². The molecular weight excluding hydrogens is 525 g/mol. The fraction of sp³-hybridized carbons (Fsp3) is 0.387. The molecule has 0 bridgehead atoms. The van der Waals surface area contributed by atoms with Gasteiger partial charge in [0.2, 0.25) is 11.8 Å². The molecule has 0 atom stereocenters. The third-order valence-corrected chi connectivity index (χ3v) is 6.73. The van der Waals surface area contributed by atoms with Gasteiger partial charge < -0.3 is 24.4 Å². The van der Waals surface area contributed by atoms with E-state index in [4.69, 9.17) is 14.2 Å². The van der Waals surface area contributed by atoms with Gasteiger partial charge in [0.15, 0.2) is 11.6 Å². The molecule has 2 aliphatic rings. The number of ether oxygens (including phenoxy) is 3. The molecule has 41 heavy (non-hydrogen) atoms. The summed E-state index contributed by atoms with van der Waals surface area (Å²) in [7, 11) is 0. The average molecular weight is 562 g/mol. The van der Waals surface area contributed by atoms with Crippen molar-refractivity contribution in [2.75, 3.05) is 44.6 Å². The Morgan fingerprint density at radius 1 is 1.10 bits per heavy atom. The van der Waals surface area contributed by atoms with Gasteiger partial charge in [-0.25, -0.2) is 14.2 Å². The molecule has 5 rings (SSSR count). The van der Waals surface area contributed by atoms with Crippen LogP contribution in [0.1, 0.15) is 38.8 Å². The van der Waals surface area contributed by atoms with E-state index in [1.54, 1.807) is 23.2 Å². The Hall–Kier alpha value is -4.18. The number of nitrogens with one attached hydrogen (secondary N) is 1. The van der Waals surface area contributed by atoms with Crippen molar-refractivity contribution in [2.45, 2.75) is 39.7 Å². The lowest BCUT2D eigenvalue weighted by Gasteiger charge is -2.35. The number of rotatable bonds is 8. The van der Waals surface area contributed by atoms with Crippen molar-refractivity contribution >= 4 is 23.8 Å². The van der Waals surface area contributed by atoms with Gasteiger partial charge in [-0.2, -0.15) is 4.98 Å². The van der Waals surface area contributed by atoms with Crippen LogP contribution in [0.3, 0.4) is 0 Å². The van der Waals surface area contributed by atoms with Crippen molar-refractivity contribution in [2.24, 2.45) is 0 Å². The normalized spacial score (nSPS) is 15.2. The molecular formula is C31H36FN5O4. The predicted molar refractivity (Wildman–Crippen MR) is 155 cm³/mol. The molecule has 0 radical (unpaired) electrons. The highest BCUT2D eigenvalue weighted by atomic mass is 19.1. The SMILES string of the molecule is CC1=Cc2c(ccc(Oc3ccnc(Nc4cccc(OCCN5CCN(C(=O)OC(C)(C)C)CC5)c4)n3)c2F)C1.